The van der Waals surface area contributed by atoms with Crippen LogP contribution in [0.15, 0.2) is 30.6 Å². The molecule has 8 nitrogen and oxygen atoms in total. The number of carbonyl (C=O) groups is 1. The van der Waals surface area contributed by atoms with Crippen molar-refractivity contribution in [1.82, 2.24) is 30.3 Å². The van der Waals surface area contributed by atoms with E-state index >= 15 is 0 Å². The number of likely N-dealkylation sites (N-methyl/N-ethyl adjacent to an activating group) is 1. The average molecular weight is 346 g/mol. The minimum atomic E-state index is -0.240. The summed E-state index contributed by atoms with van der Waals surface area (Å²) in [4.78, 5) is 14.3. The molecular weight excluding hydrogens is 320 g/mol. The van der Waals surface area contributed by atoms with Crippen LogP contribution in [0.3, 0.4) is 0 Å². The highest BCUT2D eigenvalue weighted by atomic mass is 16.5. The Bertz CT molecular complexity index is 683. The average Bonchev–Trinajstić information content (AvgIpc) is 3.01. The second kappa shape index (κ2) is 8.48. The first kappa shape index (κ1) is 18.7. The van der Waals surface area contributed by atoms with E-state index in [1.807, 2.05) is 52.3 Å². The zero-order chi connectivity index (χ0) is 18.4. The summed E-state index contributed by atoms with van der Waals surface area (Å²) in [6.45, 7) is 2.35. The zero-order valence-corrected chi connectivity index (χ0v) is 15.4. The molecule has 2 amide bonds. The summed E-state index contributed by atoms with van der Waals surface area (Å²) in [5.74, 6) is 1.51. The first-order valence-corrected chi connectivity index (χ1v) is 8.11. The molecule has 25 heavy (non-hydrogen) atoms. The van der Waals surface area contributed by atoms with E-state index in [0.29, 0.717) is 12.4 Å². The van der Waals surface area contributed by atoms with Crippen molar-refractivity contribution in [3.63, 3.8) is 0 Å². The van der Waals surface area contributed by atoms with Crippen molar-refractivity contribution in [2.45, 2.75) is 19.0 Å². The van der Waals surface area contributed by atoms with Crippen molar-refractivity contribution in [1.29, 1.82) is 0 Å². The third-order valence-electron chi connectivity index (χ3n) is 4.06. The zero-order valence-electron chi connectivity index (χ0n) is 15.4. The maximum Gasteiger partial charge on any atom is 0.315 e. The van der Waals surface area contributed by atoms with Gasteiger partial charge < -0.3 is 24.8 Å². The van der Waals surface area contributed by atoms with Crippen molar-refractivity contribution in [3.05, 3.63) is 42.0 Å². The molecule has 1 aromatic heterocycles. The molecule has 2 aromatic rings. The Kier molecular flexibility index (Phi) is 6.35. The second-order valence-electron chi connectivity index (χ2n) is 6.13. The van der Waals surface area contributed by atoms with Gasteiger partial charge in [0, 0.05) is 13.6 Å². The van der Waals surface area contributed by atoms with Crippen LogP contribution in [0.4, 0.5) is 4.79 Å². The molecule has 0 spiro atoms. The second-order valence-corrected chi connectivity index (χ2v) is 6.13. The molecule has 0 aliphatic rings. The molecule has 0 fully saturated rings. The minimum Gasteiger partial charge on any atom is -0.497 e. The number of ether oxygens (including phenoxy) is 1. The summed E-state index contributed by atoms with van der Waals surface area (Å²) in [7, 11) is 7.45. The first-order chi connectivity index (χ1) is 11.9. The van der Waals surface area contributed by atoms with E-state index in [0.717, 1.165) is 11.3 Å². The van der Waals surface area contributed by atoms with Crippen LogP contribution in [-0.4, -0.2) is 53.4 Å². The Morgan fingerprint density at radius 1 is 1.32 bits per heavy atom. The molecule has 0 saturated carbocycles. The Balaban J connectivity index is 1.93. The predicted octanol–water partition coefficient (Wildman–Crippen LogP) is 1.49. The maximum atomic E-state index is 12.2. The highest BCUT2D eigenvalue weighted by Gasteiger charge is 2.18. The molecule has 8 heteroatoms. The lowest BCUT2D eigenvalue weighted by atomic mass is 10.1. The quantitative estimate of drug-likeness (QED) is 0.793. The number of hydrogen-bond acceptors (Lipinski definition) is 5. The van der Waals surface area contributed by atoms with Gasteiger partial charge in [-0.25, -0.2) is 4.79 Å². The van der Waals surface area contributed by atoms with Crippen LogP contribution in [-0.2, 0) is 7.05 Å². The number of methoxy groups -OCH3 is 1. The van der Waals surface area contributed by atoms with E-state index in [-0.39, 0.29) is 18.1 Å². The molecular formula is C17H26N6O2. The Hall–Kier alpha value is -2.61. The van der Waals surface area contributed by atoms with Crippen molar-refractivity contribution in [2.75, 3.05) is 27.7 Å². The summed E-state index contributed by atoms with van der Waals surface area (Å²) in [6, 6.07) is 7.43. The fourth-order valence-electron chi connectivity index (χ4n) is 2.61. The highest BCUT2D eigenvalue weighted by Crippen LogP contribution is 2.20. The molecule has 1 aromatic carbocycles. The molecule has 136 valence electrons. The van der Waals surface area contributed by atoms with Crippen LogP contribution < -0.4 is 15.4 Å². The number of benzene rings is 1. The van der Waals surface area contributed by atoms with Crippen molar-refractivity contribution >= 4 is 6.03 Å². The third-order valence-corrected chi connectivity index (χ3v) is 4.06. The van der Waals surface area contributed by atoms with Gasteiger partial charge in [0.2, 0.25) is 0 Å². The number of urea groups is 1. The maximum absolute atomic E-state index is 12.2. The van der Waals surface area contributed by atoms with Gasteiger partial charge in [0.15, 0.2) is 5.82 Å². The number of rotatable bonds is 7. The van der Waals surface area contributed by atoms with Gasteiger partial charge in [-0.1, -0.05) is 12.1 Å². The Labute approximate surface area is 148 Å². The summed E-state index contributed by atoms with van der Waals surface area (Å²) < 4.78 is 6.97. The van der Waals surface area contributed by atoms with Gasteiger partial charge in [0.25, 0.3) is 0 Å². The van der Waals surface area contributed by atoms with Gasteiger partial charge in [0.05, 0.1) is 19.2 Å². The fraction of sp³-hybridized carbons (Fsp3) is 0.471. The normalized spacial score (nSPS) is 13.4. The smallest absolute Gasteiger partial charge is 0.315 e. The molecule has 0 bridgehead atoms. The van der Waals surface area contributed by atoms with Crippen molar-refractivity contribution in [2.24, 2.45) is 7.05 Å². The van der Waals surface area contributed by atoms with E-state index in [1.165, 1.54) is 0 Å². The lowest BCUT2D eigenvalue weighted by Gasteiger charge is -2.25. The minimum absolute atomic E-state index is 0.0572. The van der Waals surface area contributed by atoms with Gasteiger partial charge in [-0.3, -0.25) is 0 Å². The van der Waals surface area contributed by atoms with Crippen LogP contribution in [0, 0.1) is 0 Å². The third kappa shape index (κ3) is 4.93. The molecule has 0 radical (unpaired) electrons. The predicted molar refractivity (Wildman–Crippen MR) is 95.4 cm³/mol. The molecule has 0 aliphatic heterocycles. The van der Waals surface area contributed by atoms with E-state index in [2.05, 4.69) is 25.7 Å². The summed E-state index contributed by atoms with van der Waals surface area (Å²) in [5, 5.41) is 13.6. The van der Waals surface area contributed by atoms with Gasteiger partial charge >= 0.3 is 6.03 Å². The van der Waals surface area contributed by atoms with E-state index in [9.17, 15) is 4.79 Å². The number of amides is 2. The van der Waals surface area contributed by atoms with Gasteiger partial charge in [-0.2, -0.15) is 0 Å². The van der Waals surface area contributed by atoms with Gasteiger partial charge in [0.1, 0.15) is 12.1 Å². The monoisotopic (exact) mass is 346 g/mol. The summed E-state index contributed by atoms with van der Waals surface area (Å²) in [5.41, 5.74) is 1.10. The van der Waals surface area contributed by atoms with Crippen molar-refractivity contribution in [3.8, 4) is 5.75 Å². The molecule has 2 unspecified atom stereocenters. The van der Waals surface area contributed by atoms with E-state index in [4.69, 9.17) is 4.74 Å². The highest BCUT2D eigenvalue weighted by molar-refractivity contribution is 5.74. The Morgan fingerprint density at radius 3 is 2.52 bits per heavy atom. The van der Waals surface area contributed by atoms with Gasteiger partial charge in [-0.05, 0) is 38.7 Å². The molecule has 2 rings (SSSR count). The Morgan fingerprint density at radius 2 is 2.00 bits per heavy atom. The molecule has 0 aliphatic carbocycles. The summed E-state index contributed by atoms with van der Waals surface area (Å²) in [6.07, 6.45) is 1.61. The van der Waals surface area contributed by atoms with Crippen LogP contribution in [0.2, 0.25) is 0 Å². The van der Waals surface area contributed by atoms with Crippen LogP contribution >= 0.6 is 0 Å². The standard InChI is InChI=1S/C17H26N6O2/c1-12(16-21-19-11-23(16)4)20-17(24)18-10-15(22(2)3)13-6-8-14(25-5)9-7-13/h6-9,11-12,15H,10H2,1-5H3,(H2,18,20,24). The van der Waals surface area contributed by atoms with Crippen LogP contribution in [0.1, 0.15) is 30.4 Å². The number of aromatic nitrogens is 3. The van der Waals surface area contributed by atoms with Crippen LogP contribution in [0.5, 0.6) is 5.75 Å². The molecule has 1 heterocycles. The van der Waals surface area contributed by atoms with Gasteiger partial charge in [-0.15, -0.1) is 10.2 Å². The number of aryl methyl sites for hydroxylation is 1. The van der Waals surface area contributed by atoms with Crippen LogP contribution in [0.25, 0.3) is 0 Å². The lowest BCUT2D eigenvalue weighted by Crippen LogP contribution is -2.41. The number of hydrogen-bond donors (Lipinski definition) is 2. The van der Waals surface area contributed by atoms with E-state index < -0.39 is 0 Å². The fourth-order valence-corrected chi connectivity index (χ4v) is 2.61. The topological polar surface area (TPSA) is 84.3 Å². The van der Waals surface area contributed by atoms with E-state index in [1.54, 1.807) is 18.0 Å². The lowest BCUT2D eigenvalue weighted by molar-refractivity contribution is 0.229. The van der Waals surface area contributed by atoms with Crippen molar-refractivity contribution < 1.29 is 9.53 Å². The molecule has 0 saturated heterocycles. The largest absolute Gasteiger partial charge is 0.497 e. The number of nitrogens with zero attached hydrogens (tertiary/aromatic N) is 4. The SMILES string of the molecule is COc1ccc(C(CNC(=O)NC(C)c2nncn2C)N(C)C)cc1. The number of nitrogens with one attached hydrogen (secondary N) is 2. The first-order valence-electron chi connectivity index (χ1n) is 8.11. The molecule has 2 N–H and O–H groups in total. The number of carbonyl (C=O) groups excluding carboxylic acids is 1. The summed E-state index contributed by atoms with van der Waals surface area (Å²) >= 11 is 0. The molecule has 2 atom stereocenters.